The van der Waals surface area contributed by atoms with E-state index >= 15 is 0 Å². The van der Waals surface area contributed by atoms with Gasteiger partial charge in [0.15, 0.2) is 0 Å². The van der Waals surface area contributed by atoms with E-state index in [1.807, 2.05) is 0 Å². The third-order valence-electron chi connectivity index (χ3n) is 2.34. The van der Waals surface area contributed by atoms with Crippen molar-refractivity contribution in [3.05, 3.63) is 0 Å². The lowest BCUT2D eigenvalue weighted by atomic mass is 9.96. The van der Waals surface area contributed by atoms with Crippen molar-refractivity contribution in [2.75, 3.05) is 11.5 Å². The Morgan fingerprint density at radius 2 is 1.73 bits per heavy atom. The summed E-state index contributed by atoms with van der Waals surface area (Å²) in [7, 11) is 0. The topological polar surface area (TPSA) is 0 Å². The maximum absolute atomic E-state index is 2.37. The second-order valence-corrected chi connectivity index (χ2v) is 4.59. The Balaban J connectivity index is 3.28. The fourth-order valence-electron chi connectivity index (χ4n) is 0.980. The average molecular weight is 174 g/mol. The molecule has 2 atom stereocenters. The van der Waals surface area contributed by atoms with E-state index in [0.717, 1.165) is 11.8 Å². The van der Waals surface area contributed by atoms with Crippen molar-refractivity contribution in [1.82, 2.24) is 0 Å². The zero-order valence-electron chi connectivity index (χ0n) is 8.39. The summed E-state index contributed by atoms with van der Waals surface area (Å²) >= 11 is 2.11. The molecule has 0 saturated heterocycles. The Morgan fingerprint density at radius 1 is 1.09 bits per heavy atom. The molecule has 0 aliphatic carbocycles. The van der Waals surface area contributed by atoms with Gasteiger partial charge < -0.3 is 0 Å². The third-order valence-corrected chi connectivity index (χ3v) is 3.80. The molecule has 2 unspecified atom stereocenters. The van der Waals surface area contributed by atoms with Gasteiger partial charge in [0.1, 0.15) is 0 Å². The molecule has 0 aromatic heterocycles. The van der Waals surface area contributed by atoms with E-state index in [-0.39, 0.29) is 0 Å². The summed E-state index contributed by atoms with van der Waals surface area (Å²) in [4.78, 5) is 0. The van der Waals surface area contributed by atoms with Crippen LogP contribution in [-0.4, -0.2) is 11.5 Å². The molecular weight excluding hydrogens is 152 g/mol. The van der Waals surface area contributed by atoms with Crippen LogP contribution in [0.2, 0.25) is 0 Å². The van der Waals surface area contributed by atoms with Crippen LogP contribution in [0, 0.1) is 11.8 Å². The Hall–Kier alpha value is 0.350. The first-order chi connectivity index (χ1) is 5.22. The molecule has 68 valence electrons. The van der Waals surface area contributed by atoms with Crippen LogP contribution in [0.4, 0.5) is 0 Å². The molecule has 0 fully saturated rings. The molecule has 0 aliphatic rings. The molecule has 11 heavy (non-hydrogen) atoms. The Kier molecular flexibility index (Phi) is 7.25. The highest BCUT2D eigenvalue weighted by Crippen LogP contribution is 2.19. The molecule has 1 heteroatoms. The van der Waals surface area contributed by atoms with Crippen molar-refractivity contribution in [3.8, 4) is 0 Å². The van der Waals surface area contributed by atoms with E-state index in [4.69, 9.17) is 0 Å². The summed E-state index contributed by atoms with van der Waals surface area (Å²) < 4.78 is 0. The normalized spacial score (nSPS) is 16.4. The van der Waals surface area contributed by atoms with Crippen molar-refractivity contribution in [3.63, 3.8) is 0 Å². The highest BCUT2D eigenvalue weighted by atomic mass is 32.2. The molecule has 0 rings (SSSR count). The van der Waals surface area contributed by atoms with E-state index < -0.39 is 0 Å². The molecule has 0 nitrogen and oxygen atoms in total. The van der Waals surface area contributed by atoms with Crippen molar-refractivity contribution in [2.24, 2.45) is 11.8 Å². The van der Waals surface area contributed by atoms with Gasteiger partial charge in [-0.3, -0.25) is 0 Å². The van der Waals surface area contributed by atoms with Gasteiger partial charge in [-0.25, -0.2) is 0 Å². The minimum Gasteiger partial charge on any atom is -0.162 e. The van der Waals surface area contributed by atoms with Gasteiger partial charge >= 0.3 is 0 Å². The summed E-state index contributed by atoms with van der Waals surface area (Å²) in [5.74, 6) is 4.49. The van der Waals surface area contributed by atoms with Crippen molar-refractivity contribution < 1.29 is 0 Å². The van der Waals surface area contributed by atoms with E-state index in [9.17, 15) is 0 Å². The molecular formula is C10H22S. The number of hydrogen-bond acceptors (Lipinski definition) is 1. The number of rotatable bonds is 6. The predicted molar refractivity (Wildman–Crippen MR) is 56.2 cm³/mol. The zero-order chi connectivity index (χ0) is 8.69. The number of thioether (sulfide) groups is 1. The van der Waals surface area contributed by atoms with Crippen LogP contribution < -0.4 is 0 Å². The second-order valence-electron chi connectivity index (χ2n) is 3.44. The molecule has 0 radical (unpaired) electrons. The van der Waals surface area contributed by atoms with Crippen molar-refractivity contribution in [2.45, 2.75) is 40.5 Å². The van der Waals surface area contributed by atoms with Crippen LogP contribution in [0.25, 0.3) is 0 Å². The minimum atomic E-state index is 0.900. The molecule has 0 spiro atoms. The first-order valence-corrected chi connectivity index (χ1v) is 5.95. The summed E-state index contributed by atoms with van der Waals surface area (Å²) in [6, 6.07) is 0. The standard InChI is InChI=1S/C10H22S/c1-5-7-11-8-10(4)9(3)6-2/h9-10H,5-8H2,1-4H3. The van der Waals surface area contributed by atoms with Crippen LogP contribution in [0.5, 0.6) is 0 Å². The van der Waals surface area contributed by atoms with Gasteiger partial charge in [-0.15, -0.1) is 0 Å². The van der Waals surface area contributed by atoms with Gasteiger partial charge in [0.05, 0.1) is 0 Å². The van der Waals surface area contributed by atoms with Crippen LogP contribution in [-0.2, 0) is 0 Å². The quantitative estimate of drug-likeness (QED) is 0.552. The number of hydrogen-bond donors (Lipinski definition) is 0. The Labute approximate surface area is 76.1 Å². The Bertz CT molecular complexity index is 80.9. The smallest absolute Gasteiger partial charge is 0.00392 e. The van der Waals surface area contributed by atoms with E-state index in [2.05, 4.69) is 39.5 Å². The average Bonchev–Trinajstić information content (AvgIpc) is 2.03. The van der Waals surface area contributed by atoms with Crippen molar-refractivity contribution in [1.29, 1.82) is 0 Å². The molecule has 0 bridgehead atoms. The fourth-order valence-corrected chi connectivity index (χ4v) is 2.14. The van der Waals surface area contributed by atoms with Crippen LogP contribution in [0.15, 0.2) is 0 Å². The molecule has 0 heterocycles. The van der Waals surface area contributed by atoms with E-state index in [1.165, 1.54) is 24.3 Å². The van der Waals surface area contributed by atoms with Gasteiger partial charge in [-0.05, 0) is 29.8 Å². The molecule has 0 aliphatic heterocycles. The summed E-state index contributed by atoms with van der Waals surface area (Å²) in [5.41, 5.74) is 0. The molecule has 0 aromatic rings. The lowest BCUT2D eigenvalue weighted by molar-refractivity contribution is 0.414. The zero-order valence-corrected chi connectivity index (χ0v) is 9.21. The van der Waals surface area contributed by atoms with Crippen LogP contribution in [0.3, 0.4) is 0 Å². The van der Waals surface area contributed by atoms with E-state index in [0.29, 0.717) is 0 Å². The fraction of sp³-hybridized carbons (Fsp3) is 1.00. The lowest BCUT2D eigenvalue weighted by Gasteiger charge is -2.17. The summed E-state index contributed by atoms with van der Waals surface area (Å²) in [6.07, 6.45) is 2.64. The minimum absolute atomic E-state index is 0.900. The molecule has 0 N–H and O–H groups in total. The van der Waals surface area contributed by atoms with Gasteiger partial charge in [-0.2, -0.15) is 11.8 Å². The Morgan fingerprint density at radius 3 is 2.18 bits per heavy atom. The third kappa shape index (κ3) is 5.60. The SMILES string of the molecule is CCCSCC(C)C(C)CC. The highest BCUT2D eigenvalue weighted by Gasteiger charge is 2.08. The second kappa shape index (κ2) is 7.02. The lowest BCUT2D eigenvalue weighted by Crippen LogP contribution is -2.09. The van der Waals surface area contributed by atoms with Gasteiger partial charge in [-0.1, -0.05) is 34.1 Å². The molecule has 0 saturated carbocycles. The van der Waals surface area contributed by atoms with Crippen LogP contribution >= 0.6 is 11.8 Å². The summed E-state index contributed by atoms with van der Waals surface area (Å²) in [6.45, 7) is 9.26. The van der Waals surface area contributed by atoms with Gasteiger partial charge in [0, 0.05) is 0 Å². The monoisotopic (exact) mass is 174 g/mol. The van der Waals surface area contributed by atoms with Crippen LogP contribution in [0.1, 0.15) is 40.5 Å². The predicted octanol–water partition coefficient (Wildman–Crippen LogP) is 3.81. The highest BCUT2D eigenvalue weighted by molar-refractivity contribution is 7.99. The molecule has 0 aromatic carbocycles. The van der Waals surface area contributed by atoms with Gasteiger partial charge in [0.2, 0.25) is 0 Å². The maximum atomic E-state index is 2.37. The first-order valence-electron chi connectivity index (χ1n) is 4.80. The maximum Gasteiger partial charge on any atom is -0.00392 e. The van der Waals surface area contributed by atoms with Gasteiger partial charge in [0.25, 0.3) is 0 Å². The van der Waals surface area contributed by atoms with Crippen molar-refractivity contribution >= 4 is 11.8 Å². The largest absolute Gasteiger partial charge is 0.162 e. The summed E-state index contributed by atoms with van der Waals surface area (Å²) in [5, 5.41) is 0. The van der Waals surface area contributed by atoms with E-state index in [1.54, 1.807) is 0 Å². The first kappa shape index (κ1) is 11.4. The molecule has 0 amide bonds.